The lowest BCUT2D eigenvalue weighted by Gasteiger charge is -2.33. The summed E-state index contributed by atoms with van der Waals surface area (Å²) in [5.74, 6) is -0.624. The molecule has 2 aromatic heterocycles. The van der Waals surface area contributed by atoms with Crippen molar-refractivity contribution in [3.63, 3.8) is 0 Å². The monoisotopic (exact) mass is 595 g/mol. The fraction of sp³-hybridized carbons (Fsp3) is 0.371. The number of nitrogens with zero attached hydrogens (tertiary/aromatic N) is 3. The first-order valence-electron chi connectivity index (χ1n) is 15.3. The highest BCUT2D eigenvalue weighted by Crippen LogP contribution is 2.41. The molecule has 4 aromatic rings. The molecule has 0 bridgehead atoms. The molecular formula is C35H38FN5O3. The molecular weight excluding hydrogens is 557 g/mol. The predicted octanol–water partition coefficient (Wildman–Crippen LogP) is 5.94. The summed E-state index contributed by atoms with van der Waals surface area (Å²) in [5.41, 5.74) is 4.10. The van der Waals surface area contributed by atoms with Crippen molar-refractivity contribution in [1.29, 1.82) is 0 Å². The Morgan fingerprint density at radius 2 is 1.80 bits per heavy atom. The van der Waals surface area contributed by atoms with Gasteiger partial charge in [-0.15, -0.1) is 0 Å². The van der Waals surface area contributed by atoms with Gasteiger partial charge in [-0.25, -0.2) is 9.37 Å². The molecule has 0 spiro atoms. The molecule has 228 valence electrons. The van der Waals surface area contributed by atoms with Crippen molar-refractivity contribution in [2.45, 2.75) is 83.5 Å². The number of carbonyl (C=O) groups excluding carboxylic acids is 2. The Hall–Kier alpha value is -4.53. The van der Waals surface area contributed by atoms with E-state index in [-0.39, 0.29) is 36.3 Å². The Kier molecular flexibility index (Phi) is 7.73. The van der Waals surface area contributed by atoms with Gasteiger partial charge in [-0.3, -0.25) is 14.4 Å². The second-order valence-electron chi connectivity index (χ2n) is 12.4. The van der Waals surface area contributed by atoms with Crippen LogP contribution in [0.3, 0.4) is 0 Å². The zero-order valence-corrected chi connectivity index (χ0v) is 25.6. The van der Waals surface area contributed by atoms with Crippen LogP contribution in [0.4, 0.5) is 10.1 Å². The van der Waals surface area contributed by atoms with Crippen molar-refractivity contribution >= 4 is 17.5 Å². The number of anilines is 1. The molecule has 9 heteroatoms. The van der Waals surface area contributed by atoms with E-state index >= 15 is 0 Å². The minimum atomic E-state index is -1.91. The summed E-state index contributed by atoms with van der Waals surface area (Å²) in [5, 5.41) is 5.78. The highest BCUT2D eigenvalue weighted by Gasteiger charge is 2.52. The van der Waals surface area contributed by atoms with Crippen LogP contribution in [-0.4, -0.2) is 37.6 Å². The number of fused-ring (bicyclic) bond motifs is 1. The maximum absolute atomic E-state index is 14.9. The standard InChI is InChI=1S/C35H38FN5O3/c1-21(2)41-20-26(18-22(3)33(41)43)25-9-8-24-6-5-7-29(30(24)19-25)31(39-34(44)35(36)14-15-35)32(42)38-27-10-12-28(13-11-27)40-17-16-37-23(40)4/h8-13,16-21,29,31H,5-7,14-15H2,1-4H3,(H,38,42)(H,39,44)/t29-,31+/m1/s1. The van der Waals surface area contributed by atoms with E-state index in [0.29, 0.717) is 17.7 Å². The van der Waals surface area contributed by atoms with Crippen LogP contribution in [0.1, 0.15) is 74.0 Å². The maximum Gasteiger partial charge on any atom is 0.258 e. The highest BCUT2D eigenvalue weighted by atomic mass is 19.1. The number of nitrogens with one attached hydrogen (secondary N) is 2. The maximum atomic E-state index is 14.9. The Morgan fingerprint density at radius 1 is 1.05 bits per heavy atom. The van der Waals surface area contributed by atoms with E-state index in [1.54, 1.807) is 10.8 Å². The number of amides is 2. The molecule has 1 fully saturated rings. The third-order valence-corrected chi connectivity index (χ3v) is 8.92. The Labute approximate surface area is 256 Å². The number of carbonyl (C=O) groups is 2. The Morgan fingerprint density at radius 3 is 2.45 bits per heavy atom. The van der Waals surface area contributed by atoms with Gasteiger partial charge in [0.05, 0.1) is 0 Å². The van der Waals surface area contributed by atoms with Crippen LogP contribution >= 0.6 is 0 Å². The molecule has 0 unspecified atom stereocenters. The third-order valence-electron chi connectivity index (χ3n) is 8.92. The van der Waals surface area contributed by atoms with Crippen molar-refractivity contribution in [2.24, 2.45) is 0 Å². The fourth-order valence-corrected chi connectivity index (χ4v) is 6.18. The zero-order chi connectivity index (χ0) is 31.2. The average molecular weight is 596 g/mol. The number of rotatable bonds is 8. The molecule has 1 saturated carbocycles. The summed E-state index contributed by atoms with van der Waals surface area (Å²) in [4.78, 5) is 43.9. The van der Waals surface area contributed by atoms with Crippen LogP contribution in [0, 0.1) is 13.8 Å². The van der Waals surface area contributed by atoms with E-state index in [2.05, 4.69) is 27.8 Å². The van der Waals surface area contributed by atoms with Crippen LogP contribution in [0.25, 0.3) is 16.8 Å². The number of benzene rings is 2. The van der Waals surface area contributed by atoms with Crippen molar-refractivity contribution in [1.82, 2.24) is 19.4 Å². The van der Waals surface area contributed by atoms with Crippen molar-refractivity contribution in [3.05, 3.63) is 100.0 Å². The van der Waals surface area contributed by atoms with Gasteiger partial charge in [0.1, 0.15) is 11.9 Å². The van der Waals surface area contributed by atoms with Gasteiger partial charge in [-0.05, 0) is 112 Å². The summed E-state index contributed by atoms with van der Waals surface area (Å²) in [6, 6.07) is 14.5. The van der Waals surface area contributed by atoms with Crippen molar-refractivity contribution in [2.75, 3.05) is 5.32 Å². The van der Waals surface area contributed by atoms with E-state index in [1.165, 1.54) is 0 Å². The molecule has 2 amide bonds. The summed E-state index contributed by atoms with van der Waals surface area (Å²) >= 11 is 0. The van der Waals surface area contributed by atoms with Crippen LogP contribution in [0.5, 0.6) is 0 Å². The molecule has 0 saturated heterocycles. The molecule has 2 aliphatic rings. The topological polar surface area (TPSA) is 98.0 Å². The summed E-state index contributed by atoms with van der Waals surface area (Å²) in [6.07, 6.45) is 8.15. The number of aryl methyl sites for hydroxylation is 3. The molecule has 44 heavy (non-hydrogen) atoms. The minimum absolute atomic E-state index is 0.00305. The van der Waals surface area contributed by atoms with Gasteiger partial charge < -0.3 is 19.8 Å². The van der Waals surface area contributed by atoms with Gasteiger partial charge in [0.25, 0.3) is 11.5 Å². The van der Waals surface area contributed by atoms with Gasteiger partial charge >= 0.3 is 0 Å². The molecule has 6 rings (SSSR count). The molecule has 2 N–H and O–H groups in total. The number of pyridine rings is 1. The number of alkyl halides is 1. The molecule has 0 aliphatic heterocycles. The average Bonchev–Trinajstić information content (AvgIpc) is 3.63. The third kappa shape index (κ3) is 5.70. The van der Waals surface area contributed by atoms with E-state index in [4.69, 9.17) is 0 Å². The Balaban J connectivity index is 1.33. The molecule has 2 atom stereocenters. The molecule has 0 radical (unpaired) electrons. The van der Waals surface area contributed by atoms with E-state index in [0.717, 1.165) is 46.6 Å². The number of hydrogen-bond acceptors (Lipinski definition) is 4. The lowest BCUT2D eigenvalue weighted by atomic mass is 9.77. The lowest BCUT2D eigenvalue weighted by Crippen LogP contribution is -2.51. The van der Waals surface area contributed by atoms with E-state index in [9.17, 15) is 18.8 Å². The minimum Gasteiger partial charge on any atom is -0.341 e. The van der Waals surface area contributed by atoms with Crippen LogP contribution in [0.15, 0.2) is 71.9 Å². The number of halogens is 1. The van der Waals surface area contributed by atoms with Gasteiger partial charge in [-0.2, -0.15) is 0 Å². The molecule has 8 nitrogen and oxygen atoms in total. The molecule has 2 aromatic carbocycles. The number of imidazole rings is 1. The first kappa shape index (κ1) is 29.5. The normalized spacial score (nSPS) is 17.5. The first-order chi connectivity index (χ1) is 21.0. The first-order valence-corrected chi connectivity index (χ1v) is 15.3. The zero-order valence-electron chi connectivity index (χ0n) is 25.6. The van der Waals surface area contributed by atoms with Crippen molar-refractivity contribution < 1.29 is 14.0 Å². The second kappa shape index (κ2) is 11.5. The van der Waals surface area contributed by atoms with E-state index in [1.807, 2.05) is 81.1 Å². The van der Waals surface area contributed by atoms with Crippen LogP contribution < -0.4 is 16.2 Å². The highest BCUT2D eigenvalue weighted by molar-refractivity contribution is 5.99. The number of aromatic nitrogens is 3. The fourth-order valence-electron chi connectivity index (χ4n) is 6.18. The van der Waals surface area contributed by atoms with Crippen LogP contribution in [0.2, 0.25) is 0 Å². The summed E-state index contributed by atoms with van der Waals surface area (Å²) in [7, 11) is 0. The molecule has 2 aliphatic carbocycles. The Bertz CT molecular complexity index is 1780. The van der Waals surface area contributed by atoms with Gasteiger partial charge in [-0.1, -0.05) is 18.2 Å². The molecule has 2 heterocycles. The van der Waals surface area contributed by atoms with Gasteiger partial charge in [0, 0.05) is 47.5 Å². The summed E-state index contributed by atoms with van der Waals surface area (Å²) < 4.78 is 18.6. The SMILES string of the molecule is Cc1cc(-c2ccc3c(c2)[C@H]([C@H](NC(=O)C2(F)CC2)C(=O)Nc2ccc(-n4ccnc4C)cc2)CCC3)cn(C(C)C)c1=O. The summed E-state index contributed by atoms with van der Waals surface area (Å²) in [6.45, 7) is 7.68. The van der Waals surface area contributed by atoms with E-state index < -0.39 is 17.6 Å². The van der Waals surface area contributed by atoms with Crippen LogP contribution in [-0.2, 0) is 16.0 Å². The quantitative estimate of drug-likeness (QED) is 0.263. The van der Waals surface area contributed by atoms with Crippen molar-refractivity contribution in [3.8, 4) is 16.8 Å². The predicted molar refractivity (Wildman–Crippen MR) is 169 cm³/mol. The smallest absolute Gasteiger partial charge is 0.258 e. The van der Waals surface area contributed by atoms with Gasteiger partial charge in [0.2, 0.25) is 5.91 Å². The van der Waals surface area contributed by atoms with Gasteiger partial charge in [0.15, 0.2) is 5.67 Å². The number of hydrogen-bond donors (Lipinski definition) is 2. The largest absolute Gasteiger partial charge is 0.341 e. The second-order valence-corrected chi connectivity index (χ2v) is 12.4. The lowest BCUT2D eigenvalue weighted by molar-refractivity contribution is -0.131.